The molecule has 0 saturated carbocycles. The molecule has 0 bridgehead atoms. The number of hydrogen-bond acceptors (Lipinski definition) is 2. The van der Waals surface area contributed by atoms with E-state index >= 15 is 0 Å². The van der Waals surface area contributed by atoms with Gasteiger partial charge in [-0.1, -0.05) is 209 Å². The van der Waals surface area contributed by atoms with Gasteiger partial charge in [0.1, 0.15) is 0 Å². The number of anilines is 6. The van der Waals surface area contributed by atoms with Crippen molar-refractivity contribution in [3.63, 3.8) is 0 Å². The molecule has 0 N–H and O–H groups in total. The van der Waals surface area contributed by atoms with E-state index in [2.05, 4.69) is 271 Å². The van der Waals surface area contributed by atoms with Crippen molar-refractivity contribution in [2.75, 3.05) is 9.80 Å². The minimum atomic E-state index is 0.246. The van der Waals surface area contributed by atoms with Crippen molar-refractivity contribution in [1.82, 2.24) is 0 Å². The topological polar surface area (TPSA) is 6.48 Å². The van der Waals surface area contributed by atoms with Gasteiger partial charge in [0.25, 0.3) is 0 Å². The SMILES string of the molecule is Cc1ccc2ccc(C)c(N(c3ccccc3-c3ccccc3)c3cc(C(C)C)c4ccc5c(N(c6ccccc6-c6ccccc6)c6c(C)ccc7ccc(C)cc67)cc(C(C)C)c6ccc3c4c65)c2c1. The third-order valence-corrected chi connectivity index (χ3v) is 15.3. The van der Waals surface area contributed by atoms with Crippen LogP contribution in [0.3, 0.4) is 0 Å². The molecule has 0 spiro atoms. The number of aryl methyl sites for hydroxylation is 4. The Morgan fingerprint density at radius 1 is 0.306 bits per heavy atom. The molecular formula is C70H60N2. The van der Waals surface area contributed by atoms with Gasteiger partial charge in [-0.25, -0.2) is 0 Å². The summed E-state index contributed by atoms with van der Waals surface area (Å²) in [6.07, 6.45) is 0. The number of hydrogen-bond donors (Lipinski definition) is 0. The first kappa shape index (κ1) is 45.0. The molecule has 0 fully saturated rings. The minimum absolute atomic E-state index is 0.246. The maximum Gasteiger partial charge on any atom is 0.0569 e. The second-order valence-electron chi connectivity index (χ2n) is 20.7. The van der Waals surface area contributed by atoms with Crippen LogP contribution in [0.25, 0.3) is 76.1 Å². The minimum Gasteiger partial charge on any atom is -0.308 e. The molecule has 0 aliphatic carbocycles. The fraction of sp³-hybridized carbons (Fsp3) is 0.143. The summed E-state index contributed by atoms with van der Waals surface area (Å²) in [6, 6.07) is 77.7. The average molecular weight is 929 g/mol. The third kappa shape index (κ3) is 7.39. The Balaban J connectivity index is 1.25. The van der Waals surface area contributed by atoms with Crippen LogP contribution in [0, 0.1) is 27.7 Å². The van der Waals surface area contributed by atoms with Crippen LogP contribution in [0.2, 0.25) is 0 Å². The lowest BCUT2D eigenvalue weighted by Gasteiger charge is -2.34. The molecule has 0 aliphatic heterocycles. The quantitative estimate of drug-likeness (QED) is 0.126. The van der Waals surface area contributed by atoms with E-state index in [4.69, 9.17) is 0 Å². The van der Waals surface area contributed by atoms with Crippen LogP contribution in [0.1, 0.15) is 72.9 Å². The smallest absolute Gasteiger partial charge is 0.0569 e. The molecule has 0 heterocycles. The monoisotopic (exact) mass is 928 g/mol. The molecule has 72 heavy (non-hydrogen) atoms. The number of rotatable bonds is 10. The Hall–Kier alpha value is -8.20. The van der Waals surface area contributed by atoms with Crippen LogP contribution in [0.15, 0.2) is 206 Å². The van der Waals surface area contributed by atoms with Gasteiger partial charge < -0.3 is 9.80 Å². The van der Waals surface area contributed by atoms with Crippen molar-refractivity contribution < 1.29 is 0 Å². The highest BCUT2D eigenvalue weighted by molar-refractivity contribution is 6.30. The highest BCUT2D eigenvalue weighted by Gasteiger charge is 2.30. The van der Waals surface area contributed by atoms with Crippen LogP contribution < -0.4 is 9.80 Å². The van der Waals surface area contributed by atoms with Crippen molar-refractivity contribution in [2.24, 2.45) is 0 Å². The molecular weight excluding hydrogens is 869 g/mol. The Morgan fingerprint density at radius 3 is 1.07 bits per heavy atom. The van der Waals surface area contributed by atoms with E-state index in [0.717, 1.165) is 11.4 Å². The normalized spacial score (nSPS) is 11.9. The zero-order valence-corrected chi connectivity index (χ0v) is 42.7. The van der Waals surface area contributed by atoms with Crippen LogP contribution in [0.4, 0.5) is 34.1 Å². The summed E-state index contributed by atoms with van der Waals surface area (Å²) in [5.74, 6) is 0.491. The van der Waals surface area contributed by atoms with Crippen LogP contribution in [-0.4, -0.2) is 0 Å². The van der Waals surface area contributed by atoms with Crippen LogP contribution in [0.5, 0.6) is 0 Å². The van der Waals surface area contributed by atoms with Gasteiger partial charge in [0.2, 0.25) is 0 Å². The Kier molecular flexibility index (Phi) is 11.2. The number of fused-ring (bicyclic) bond motifs is 2. The molecule has 0 unspecified atom stereocenters. The maximum atomic E-state index is 2.62. The number of para-hydroxylation sites is 2. The van der Waals surface area contributed by atoms with E-state index in [1.165, 1.54) is 132 Å². The zero-order valence-electron chi connectivity index (χ0n) is 42.7. The highest BCUT2D eigenvalue weighted by Crippen LogP contribution is 2.54. The molecule has 2 nitrogen and oxygen atoms in total. The molecule has 12 aromatic rings. The third-order valence-electron chi connectivity index (χ3n) is 15.3. The summed E-state index contributed by atoms with van der Waals surface area (Å²) in [4.78, 5) is 5.23. The molecule has 0 saturated heterocycles. The first-order chi connectivity index (χ1) is 35.0. The van der Waals surface area contributed by atoms with Crippen molar-refractivity contribution in [1.29, 1.82) is 0 Å². The fourth-order valence-corrected chi connectivity index (χ4v) is 11.8. The molecule has 0 aliphatic rings. The second-order valence-corrected chi connectivity index (χ2v) is 20.7. The molecule has 2 heteroatoms. The number of benzene rings is 12. The van der Waals surface area contributed by atoms with Gasteiger partial charge in [0.05, 0.1) is 34.1 Å². The van der Waals surface area contributed by atoms with Crippen LogP contribution >= 0.6 is 0 Å². The average Bonchev–Trinajstić information content (AvgIpc) is 3.40. The van der Waals surface area contributed by atoms with Crippen molar-refractivity contribution >= 4 is 88.0 Å². The van der Waals surface area contributed by atoms with E-state index in [9.17, 15) is 0 Å². The van der Waals surface area contributed by atoms with E-state index in [1.807, 2.05) is 0 Å². The Labute approximate surface area is 424 Å². The summed E-state index contributed by atoms with van der Waals surface area (Å²) in [6.45, 7) is 18.5. The molecule has 12 aromatic carbocycles. The largest absolute Gasteiger partial charge is 0.308 e. The summed E-state index contributed by atoms with van der Waals surface area (Å²) in [5, 5.41) is 12.7. The zero-order chi connectivity index (χ0) is 49.4. The van der Waals surface area contributed by atoms with Crippen LogP contribution in [-0.2, 0) is 0 Å². The fourth-order valence-electron chi connectivity index (χ4n) is 11.8. The van der Waals surface area contributed by atoms with Crippen molar-refractivity contribution in [2.45, 2.75) is 67.2 Å². The van der Waals surface area contributed by atoms with E-state index in [-0.39, 0.29) is 11.8 Å². The lowest BCUT2D eigenvalue weighted by atomic mass is 9.83. The van der Waals surface area contributed by atoms with Crippen molar-refractivity contribution in [3.8, 4) is 22.3 Å². The lowest BCUT2D eigenvalue weighted by Crippen LogP contribution is -2.15. The number of nitrogens with zero attached hydrogens (tertiary/aromatic N) is 2. The van der Waals surface area contributed by atoms with Gasteiger partial charge in [0.15, 0.2) is 0 Å². The summed E-state index contributed by atoms with van der Waals surface area (Å²) < 4.78 is 0. The summed E-state index contributed by atoms with van der Waals surface area (Å²) in [5.41, 5.74) is 19.5. The predicted octanol–water partition coefficient (Wildman–Crippen LogP) is 20.6. The molecule has 350 valence electrons. The van der Waals surface area contributed by atoms with Gasteiger partial charge in [-0.15, -0.1) is 0 Å². The lowest BCUT2D eigenvalue weighted by molar-refractivity contribution is 0.875. The van der Waals surface area contributed by atoms with Gasteiger partial charge >= 0.3 is 0 Å². The van der Waals surface area contributed by atoms with E-state index < -0.39 is 0 Å². The summed E-state index contributed by atoms with van der Waals surface area (Å²) in [7, 11) is 0. The molecule has 0 aromatic heterocycles. The molecule has 0 radical (unpaired) electrons. The molecule has 12 rings (SSSR count). The molecule has 0 amide bonds. The predicted molar refractivity (Wildman–Crippen MR) is 313 cm³/mol. The van der Waals surface area contributed by atoms with Gasteiger partial charge in [-0.3, -0.25) is 0 Å². The van der Waals surface area contributed by atoms with Crippen molar-refractivity contribution in [3.05, 3.63) is 240 Å². The Morgan fingerprint density at radius 2 is 0.667 bits per heavy atom. The molecule has 0 atom stereocenters. The summed E-state index contributed by atoms with van der Waals surface area (Å²) >= 11 is 0. The maximum absolute atomic E-state index is 2.62. The van der Waals surface area contributed by atoms with E-state index in [0.29, 0.717) is 0 Å². The van der Waals surface area contributed by atoms with Gasteiger partial charge in [-0.2, -0.15) is 0 Å². The second kappa shape index (κ2) is 17.9. The standard InChI is InChI=1S/C70H60N2/c1-43(2)59-41-65(71(63-25-17-15-23-53(63)49-19-11-9-12-20-49)69-47(7)29-33-51-31-27-45(5)39-61(51)69)57-38-36-56-60(44(3)4)42-66(58-37-35-55(59)67(57)68(56)58)72(64-26-18-16-24-54(64)50-21-13-10-14-22-50)70-48(8)30-34-52-32-28-46(6)40-62(52)70/h9-44H,1-8H3. The first-order valence-electron chi connectivity index (χ1n) is 25.7. The van der Waals surface area contributed by atoms with Gasteiger partial charge in [-0.05, 0) is 142 Å². The Bertz CT molecular complexity index is 3760. The van der Waals surface area contributed by atoms with Gasteiger partial charge in [0, 0.05) is 32.7 Å². The highest BCUT2D eigenvalue weighted by atomic mass is 15.2. The van der Waals surface area contributed by atoms with E-state index in [1.54, 1.807) is 0 Å². The first-order valence-corrected chi connectivity index (χ1v) is 25.7.